The van der Waals surface area contributed by atoms with Crippen molar-refractivity contribution in [3.8, 4) is 0 Å². The maximum atomic E-state index is 13.1. The summed E-state index contributed by atoms with van der Waals surface area (Å²) < 4.78 is 1.52. The SMILES string of the molecule is Cc1ccc(C(=O)N2CC[C@@H]3C[C@@H](C(=O)N4CCCN(C)CC4)[C@@H]3C2)c(=O)n1C. The Morgan fingerprint density at radius 3 is 2.59 bits per heavy atom. The number of hydrogen-bond acceptors (Lipinski definition) is 4. The Labute approximate surface area is 172 Å². The number of aromatic nitrogens is 1. The molecule has 3 atom stereocenters. The molecule has 0 spiro atoms. The van der Waals surface area contributed by atoms with Crippen molar-refractivity contribution in [1.82, 2.24) is 19.3 Å². The molecule has 1 aromatic rings. The van der Waals surface area contributed by atoms with Crippen molar-refractivity contribution >= 4 is 11.8 Å². The highest BCUT2D eigenvalue weighted by Gasteiger charge is 2.49. The monoisotopic (exact) mass is 400 g/mol. The second kappa shape index (κ2) is 7.94. The fraction of sp³-hybridized carbons (Fsp3) is 0.682. The van der Waals surface area contributed by atoms with Gasteiger partial charge in [-0.2, -0.15) is 0 Å². The van der Waals surface area contributed by atoms with Crippen LogP contribution < -0.4 is 5.56 Å². The van der Waals surface area contributed by atoms with E-state index in [9.17, 15) is 14.4 Å². The summed E-state index contributed by atoms with van der Waals surface area (Å²) in [7, 11) is 3.80. The van der Waals surface area contributed by atoms with Crippen molar-refractivity contribution in [3.63, 3.8) is 0 Å². The summed E-state index contributed by atoms with van der Waals surface area (Å²) in [6.45, 7) is 6.70. The minimum atomic E-state index is -0.243. The van der Waals surface area contributed by atoms with E-state index in [4.69, 9.17) is 0 Å². The van der Waals surface area contributed by atoms with Gasteiger partial charge in [0.25, 0.3) is 11.5 Å². The lowest BCUT2D eigenvalue weighted by atomic mass is 9.61. The van der Waals surface area contributed by atoms with E-state index in [2.05, 4.69) is 11.9 Å². The van der Waals surface area contributed by atoms with Gasteiger partial charge in [0.1, 0.15) is 5.56 Å². The van der Waals surface area contributed by atoms with Crippen LogP contribution in [0.2, 0.25) is 0 Å². The number of hydrogen-bond donors (Lipinski definition) is 0. The van der Waals surface area contributed by atoms with E-state index in [-0.39, 0.29) is 34.8 Å². The predicted molar refractivity (Wildman–Crippen MR) is 111 cm³/mol. The number of nitrogens with zero attached hydrogens (tertiary/aromatic N) is 4. The number of pyridine rings is 1. The second-order valence-electron chi connectivity index (χ2n) is 9.04. The minimum absolute atomic E-state index is 0.0276. The second-order valence-corrected chi connectivity index (χ2v) is 9.04. The van der Waals surface area contributed by atoms with Gasteiger partial charge in [-0.15, -0.1) is 0 Å². The predicted octanol–water partition coefficient (Wildman–Crippen LogP) is 0.956. The summed E-state index contributed by atoms with van der Waals surface area (Å²) in [5, 5.41) is 0. The third-order valence-electron chi connectivity index (χ3n) is 7.30. The maximum absolute atomic E-state index is 13.1. The molecule has 3 heterocycles. The molecule has 1 saturated carbocycles. The molecule has 0 N–H and O–H groups in total. The quantitative estimate of drug-likeness (QED) is 0.742. The molecule has 1 aromatic heterocycles. The molecule has 0 bridgehead atoms. The lowest BCUT2D eigenvalue weighted by Crippen LogP contribution is -2.57. The van der Waals surface area contributed by atoms with Crippen LogP contribution in [-0.4, -0.2) is 77.4 Å². The van der Waals surface area contributed by atoms with Crippen molar-refractivity contribution in [2.75, 3.05) is 46.3 Å². The number of carbonyl (C=O) groups is 2. The minimum Gasteiger partial charge on any atom is -0.341 e. The summed E-state index contributed by atoms with van der Waals surface area (Å²) in [5.41, 5.74) is 0.819. The molecule has 0 radical (unpaired) electrons. The standard InChI is InChI=1S/C22H32N4O3/c1-15-5-6-17(20(27)24(15)3)21(28)26-10-7-16-13-18(19(16)14-26)22(29)25-9-4-8-23(2)11-12-25/h5-6,16,18-19H,4,7-14H2,1-3H3/t16-,18-,19-/m1/s1. The Morgan fingerprint density at radius 2 is 1.79 bits per heavy atom. The fourth-order valence-corrected chi connectivity index (χ4v) is 5.11. The first-order valence-corrected chi connectivity index (χ1v) is 10.8. The number of carbonyl (C=O) groups excluding carboxylic acids is 2. The van der Waals surface area contributed by atoms with Crippen LogP contribution >= 0.6 is 0 Å². The Balaban J connectivity index is 1.44. The Hall–Kier alpha value is -2.15. The largest absolute Gasteiger partial charge is 0.341 e. The molecule has 2 amide bonds. The van der Waals surface area contributed by atoms with E-state index >= 15 is 0 Å². The molecular formula is C22H32N4O3. The van der Waals surface area contributed by atoms with E-state index in [1.54, 1.807) is 18.0 Å². The summed E-state index contributed by atoms with van der Waals surface area (Å²) in [6, 6.07) is 3.46. The lowest BCUT2D eigenvalue weighted by molar-refractivity contribution is -0.147. The van der Waals surface area contributed by atoms with Crippen LogP contribution in [-0.2, 0) is 11.8 Å². The van der Waals surface area contributed by atoms with Crippen LogP contribution in [0.25, 0.3) is 0 Å². The molecule has 7 heteroatoms. The summed E-state index contributed by atoms with van der Waals surface area (Å²) in [4.78, 5) is 44.8. The van der Waals surface area contributed by atoms with Crippen LogP contribution in [0.15, 0.2) is 16.9 Å². The molecule has 158 valence electrons. The van der Waals surface area contributed by atoms with Crippen molar-refractivity contribution in [2.45, 2.75) is 26.2 Å². The Morgan fingerprint density at radius 1 is 1.00 bits per heavy atom. The van der Waals surface area contributed by atoms with Crippen molar-refractivity contribution in [2.24, 2.45) is 24.8 Å². The molecule has 29 heavy (non-hydrogen) atoms. The first-order valence-electron chi connectivity index (χ1n) is 10.8. The van der Waals surface area contributed by atoms with Crippen molar-refractivity contribution < 1.29 is 9.59 Å². The Kier molecular flexibility index (Phi) is 5.51. The highest BCUT2D eigenvalue weighted by Crippen LogP contribution is 2.46. The molecule has 4 rings (SSSR count). The summed E-state index contributed by atoms with van der Waals surface area (Å²) in [5.74, 6) is 0.861. The van der Waals surface area contributed by atoms with Gasteiger partial charge in [0, 0.05) is 51.4 Å². The van der Waals surface area contributed by atoms with E-state index < -0.39 is 0 Å². The summed E-state index contributed by atoms with van der Waals surface area (Å²) >= 11 is 0. The van der Waals surface area contributed by atoms with Gasteiger partial charge >= 0.3 is 0 Å². The van der Waals surface area contributed by atoms with Gasteiger partial charge in [-0.05, 0) is 63.7 Å². The maximum Gasteiger partial charge on any atom is 0.263 e. The summed E-state index contributed by atoms with van der Waals surface area (Å²) in [6.07, 6.45) is 2.89. The van der Waals surface area contributed by atoms with Gasteiger partial charge in [0.15, 0.2) is 0 Å². The zero-order valence-electron chi connectivity index (χ0n) is 17.8. The highest BCUT2D eigenvalue weighted by atomic mass is 16.2. The zero-order chi connectivity index (χ0) is 20.7. The molecule has 0 unspecified atom stereocenters. The van der Waals surface area contributed by atoms with Crippen LogP contribution in [0.5, 0.6) is 0 Å². The van der Waals surface area contributed by atoms with E-state index in [0.717, 1.165) is 51.1 Å². The molecular weight excluding hydrogens is 368 g/mol. The van der Waals surface area contributed by atoms with Crippen molar-refractivity contribution in [3.05, 3.63) is 33.7 Å². The van der Waals surface area contributed by atoms with E-state index in [1.807, 2.05) is 17.9 Å². The average Bonchev–Trinajstić information content (AvgIpc) is 2.91. The molecule has 2 saturated heterocycles. The fourth-order valence-electron chi connectivity index (χ4n) is 5.11. The first-order chi connectivity index (χ1) is 13.9. The molecule has 0 aromatic carbocycles. The number of fused-ring (bicyclic) bond motifs is 1. The van der Waals surface area contributed by atoms with E-state index in [1.165, 1.54) is 4.57 Å². The van der Waals surface area contributed by atoms with Gasteiger partial charge in [-0.25, -0.2) is 0 Å². The number of likely N-dealkylation sites (tertiary alicyclic amines) is 1. The highest BCUT2D eigenvalue weighted by molar-refractivity contribution is 5.94. The van der Waals surface area contributed by atoms with E-state index in [0.29, 0.717) is 19.0 Å². The Bertz CT molecular complexity index is 864. The number of piperidine rings is 1. The average molecular weight is 401 g/mol. The number of amides is 2. The third-order valence-corrected chi connectivity index (χ3v) is 7.30. The molecule has 3 aliphatic rings. The normalized spacial score (nSPS) is 27.8. The van der Waals surface area contributed by atoms with Crippen LogP contribution in [0.4, 0.5) is 0 Å². The molecule has 3 fully saturated rings. The smallest absolute Gasteiger partial charge is 0.263 e. The number of rotatable bonds is 2. The lowest BCUT2D eigenvalue weighted by Gasteiger charge is -2.51. The topological polar surface area (TPSA) is 65.9 Å². The van der Waals surface area contributed by atoms with Gasteiger partial charge in [0.05, 0.1) is 0 Å². The van der Waals surface area contributed by atoms with Gasteiger partial charge < -0.3 is 19.3 Å². The molecule has 7 nitrogen and oxygen atoms in total. The van der Waals surface area contributed by atoms with Gasteiger partial charge in [-0.3, -0.25) is 14.4 Å². The van der Waals surface area contributed by atoms with Gasteiger partial charge in [0.2, 0.25) is 5.91 Å². The van der Waals surface area contributed by atoms with Crippen LogP contribution in [0.1, 0.15) is 35.3 Å². The van der Waals surface area contributed by atoms with Crippen LogP contribution in [0, 0.1) is 24.7 Å². The zero-order valence-corrected chi connectivity index (χ0v) is 17.8. The van der Waals surface area contributed by atoms with Gasteiger partial charge in [-0.1, -0.05) is 0 Å². The number of aryl methyl sites for hydroxylation is 1. The molecule has 1 aliphatic carbocycles. The van der Waals surface area contributed by atoms with Crippen LogP contribution in [0.3, 0.4) is 0 Å². The third kappa shape index (κ3) is 3.72. The molecule has 2 aliphatic heterocycles. The number of likely N-dealkylation sites (N-methyl/N-ethyl adjacent to an activating group) is 1. The van der Waals surface area contributed by atoms with Crippen molar-refractivity contribution in [1.29, 1.82) is 0 Å². The first kappa shape index (κ1) is 20.1.